The van der Waals surface area contributed by atoms with E-state index in [1.165, 1.54) is 6.07 Å². The fourth-order valence-electron chi connectivity index (χ4n) is 2.03. The highest BCUT2D eigenvalue weighted by Crippen LogP contribution is 2.28. The Kier molecular flexibility index (Phi) is 3.34. The summed E-state index contributed by atoms with van der Waals surface area (Å²) in [5.74, 6) is -0.343. The van der Waals surface area contributed by atoms with Crippen LogP contribution in [0.15, 0.2) is 41.3 Å². The molecule has 0 aliphatic rings. The lowest BCUT2D eigenvalue weighted by Gasteiger charge is -2.09. The Morgan fingerprint density at radius 1 is 1.33 bits per heavy atom. The number of aromatic nitrogens is 3. The zero-order chi connectivity index (χ0) is 15.0. The molecule has 2 N–H and O–H groups in total. The zero-order valence-corrected chi connectivity index (χ0v) is 12.6. The minimum atomic E-state index is -0.966. The molecule has 21 heavy (non-hydrogen) atoms. The lowest BCUT2D eigenvalue weighted by molar-refractivity contribution is 0.0697. The van der Waals surface area contributed by atoms with E-state index in [9.17, 15) is 4.79 Å². The van der Waals surface area contributed by atoms with Crippen molar-refractivity contribution < 1.29 is 9.90 Å². The second kappa shape index (κ2) is 5.17. The van der Waals surface area contributed by atoms with Crippen molar-refractivity contribution in [2.75, 3.05) is 5.32 Å². The lowest BCUT2D eigenvalue weighted by Crippen LogP contribution is -1.99. The van der Waals surface area contributed by atoms with Gasteiger partial charge in [0.25, 0.3) is 0 Å². The van der Waals surface area contributed by atoms with Crippen LogP contribution in [0.25, 0.3) is 11.0 Å². The molecule has 0 unspecified atom stereocenters. The van der Waals surface area contributed by atoms with Gasteiger partial charge in [-0.05, 0) is 40.2 Å². The summed E-state index contributed by atoms with van der Waals surface area (Å²) in [5, 5.41) is 12.1. The standard InChI is InChI=1S/C14H11BrN4O2/c1-19-7-17-12-11(19)4-5-16-13(12)18-10-3-2-8(14(20)21)6-9(10)15/h2-7H,1H3,(H,16,18)(H,20,21). The van der Waals surface area contributed by atoms with Crippen molar-refractivity contribution in [2.24, 2.45) is 7.05 Å². The first kappa shape index (κ1) is 13.6. The fourth-order valence-corrected chi connectivity index (χ4v) is 2.51. The van der Waals surface area contributed by atoms with Gasteiger partial charge in [0.05, 0.1) is 23.1 Å². The van der Waals surface area contributed by atoms with Crippen LogP contribution in [0.5, 0.6) is 0 Å². The number of hydrogen-bond donors (Lipinski definition) is 2. The Morgan fingerprint density at radius 2 is 2.14 bits per heavy atom. The molecule has 3 rings (SSSR count). The molecular weight excluding hydrogens is 336 g/mol. The summed E-state index contributed by atoms with van der Waals surface area (Å²) in [6.45, 7) is 0. The van der Waals surface area contributed by atoms with Crippen molar-refractivity contribution in [1.82, 2.24) is 14.5 Å². The predicted octanol–water partition coefficient (Wildman–Crippen LogP) is 3.17. The van der Waals surface area contributed by atoms with E-state index < -0.39 is 5.97 Å². The number of benzene rings is 1. The van der Waals surface area contributed by atoms with Crippen molar-refractivity contribution in [1.29, 1.82) is 0 Å². The molecule has 0 saturated heterocycles. The molecule has 0 fully saturated rings. The van der Waals surface area contributed by atoms with Crippen LogP contribution in [0.3, 0.4) is 0 Å². The van der Waals surface area contributed by atoms with Gasteiger partial charge in [0.15, 0.2) is 5.82 Å². The third-order valence-corrected chi connectivity index (χ3v) is 3.77. The third kappa shape index (κ3) is 2.47. The first-order valence-electron chi connectivity index (χ1n) is 6.12. The van der Waals surface area contributed by atoms with Gasteiger partial charge < -0.3 is 15.0 Å². The molecule has 2 heterocycles. The summed E-state index contributed by atoms with van der Waals surface area (Å²) in [7, 11) is 1.91. The SMILES string of the molecule is Cn1cnc2c(Nc3ccc(C(=O)O)cc3Br)nccc21. The predicted molar refractivity (Wildman–Crippen MR) is 82.9 cm³/mol. The summed E-state index contributed by atoms with van der Waals surface area (Å²) in [5.41, 5.74) is 2.67. The Balaban J connectivity index is 2.01. The van der Waals surface area contributed by atoms with Crippen molar-refractivity contribution in [3.63, 3.8) is 0 Å². The number of anilines is 2. The number of aromatic carboxylic acids is 1. The molecule has 0 amide bonds. The fraction of sp³-hybridized carbons (Fsp3) is 0.0714. The number of nitrogens with one attached hydrogen (secondary N) is 1. The number of carboxylic acid groups (broad SMARTS) is 1. The second-order valence-electron chi connectivity index (χ2n) is 4.51. The van der Waals surface area contributed by atoms with E-state index in [1.807, 2.05) is 17.7 Å². The monoisotopic (exact) mass is 346 g/mol. The number of nitrogens with zero attached hydrogens (tertiary/aromatic N) is 3. The number of rotatable bonds is 3. The van der Waals surface area contributed by atoms with E-state index in [2.05, 4.69) is 31.2 Å². The van der Waals surface area contributed by atoms with Crippen LogP contribution in [0.2, 0.25) is 0 Å². The number of imidazole rings is 1. The van der Waals surface area contributed by atoms with E-state index in [1.54, 1.807) is 24.7 Å². The minimum absolute atomic E-state index is 0.219. The van der Waals surface area contributed by atoms with Gasteiger partial charge in [0.2, 0.25) is 0 Å². The molecule has 6 nitrogen and oxygen atoms in total. The largest absolute Gasteiger partial charge is 0.478 e. The molecule has 106 valence electrons. The highest BCUT2D eigenvalue weighted by molar-refractivity contribution is 9.10. The van der Waals surface area contributed by atoms with Gasteiger partial charge in [-0.3, -0.25) is 0 Å². The summed E-state index contributed by atoms with van der Waals surface area (Å²) < 4.78 is 2.56. The molecule has 0 saturated carbocycles. The number of pyridine rings is 1. The first-order chi connectivity index (χ1) is 10.1. The van der Waals surface area contributed by atoms with Crippen LogP contribution in [-0.4, -0.2) is 25.6 Å². The van der Waals surface area contributed by atoms with Gasteiger partial charge >= 0.3 is 5.97 Å². The highest BCUT2D eigenvalue weighted by Gasteiger charge is 2.10. The van der Waals surface area contributed by atoms with Crippen molar-refractivity contribution in [3.05, 3.63) is 46.8 Å². The Bertz CT molecular complexity index is 844. The van der Waals surface area contributed by atoms with E-state index in [-0.39, 0.29) is 5.56 Å². The Labute approximate surface area is 128 Å². The summed E-state index contributed by atoms with van der Waals surface area (Å²) >= 11 is 3.36. The molecule has 0 atom stereocenters. The lowest BCUT2D eigenvalue weighted by atomic mass is 10.2. The maximum atomic E-state index is 10.9. The van der Waals surface area contributed by atoms with Gasteiger partial charge in [-0.25, -0.2) is 14.8 Å². The normalized spacial score (nSPS) is 10.8. The van der Waals surface area contributed by atoms with Crippen LogP contribution in [0, 0.1) is 0 Å². The first-order valence-corrected chi connectivity index (χ1v) is 6.91. The van der Waals surface area contributed by atoms with Gasteiger partial charge in [0.1, 0.15) is 5.52 Å². The van der Waals surface area contributed by atoms with Crippen molar-refractivity contribution >= 4 is 44.4 Å². The molecule has 7 heteroatoms. The van der Waals surface area contributed by atoms with Crippen LogP contribution in [-0.2, 0) is 7.05 Å². The maximum Gasteiger partial charge on any atom is 0.335 e. The summed E-state index contributed by atoms with van der Waals surface area (Å²) in [6, 6.07) is 6.66. The Morgan fingerprint density at radius 3 is 2.86 bits per heavy atom. The molecule has 0 bridgehead atoms. The maximum absolute atomic E-state index is 10.9. The topological polar surface area (TPSA) is 80.0 Å². The summed E-state index contributed by atoms with van der Waals surface area (Å²) in [4.78, 5) is 19.5. The van der Waals surface area contributed by atoms with Crippen LogP contribution < -0.4 is 5.32 Å². The van der Waals surface area contributed by atoms with E-state index in [4.69, 9.17) is 5.11 Å². The Hall–Kier alpha value is -2.41. The number of fused-ring (bicyclic) bond motifs is 1. The van der Waals surface area contributed by atoms with Crippen LogP contribution >= 0.6 is 15.9 Å². The molecule has 1 aromatic carbocycles. The molecular formula is C14H11BrN4O2. The van der Waals surface area contributed by atoms with Crippen LogP contribution in [0.1, 0.15) is 10.4 Å². The molecule has 0 aliphatic carbocycles. The third-order valence-electron chi connectivity index (χ3n) is 3.11. The van der Waals surface area contributed by atoms with Gasteiger partial charge in [-0.15, -0.1) is 0 Å². The zero-order valence-electron chi connectivity index (χ0n) is 11.0. The number of halogens is 1. The number of hydrogen-bond acceptors (Lipinski definition) is 4. The molecule has 2 aromatic heterocycles. The average Bonchev–Trinajstić information content (AvgIpc) is 2.84. The second-order valence-corrected chi connectivity index (χ2v) is 5.36. The summed E-state index contributed by atoms with van der Waals surface area (Å²) in [6.07, 6.45) is 3.42. The van der Waals surface area contributed by atoms with E-state index in [0.717, 1.165) is 16.7 Å². The molecule has 0 radical (unpaired) electrons. The molecule has 0 spiro atoms. The van der Waals surface area contributed by atoms with Crippen LogP contribution in [0.4, 0.5) is 11.5 Å². The highest BCUT2D eigenvalue weighted by atomic mass is 79.9. The number of aryl methyl sites for hydroxylation is 1. The van der Waals surface area contributed by atoms with Gasteiger partial charge in [-0.2, -0.15) is 0 Å². The van der Waals surface area contributed by atoms with E-state index >= 15 is 0 Å². The number of carboxylic acids is 1. The van der Waals surface area contributed by atoms with Gasteiger partial charge in [-0.1, -0.05) is 0 Å². The minimum Gasteiger partial charge on any atom is -0.478 e. The smallest absolute Gasteiger partial charge is 0.335 e. The van der Waals surface area contributed by atoms with Crippen molar-refractivity contribution in [3.8, 4) is 0 Å². The molecule has 0 aliphatic heterocycles. The molecule has 3 aromatic rings. The quantitative estimate of drug-likeness (QED) is 0.761. The van der Waals surface area contributed by atoms with Gasteiger partial charge in [0, 0.05) is 17.7 Å². The van der Waals surface area contributed by atoms with E-state index in [0.29, 0.717) is 10.3 Å². The van der Waals surface area contributed by atoms with Crippen molar-refractivity contribution in [2.45, 2.75) is 0 Å². The average molecular weight is 347 g/mol. The number of carbonyl (C=O) groups is 1.